The molecular weight excluding hydrogens is 331 g/mol. The van der Waals surface area contributed by atoms with Crippen LogP contribution in [0.25, 0.3) is 0 Å². The third-order valence-electron chi connectivity index (χ3n) is 3.17. The number of carbonyl (C=O) groups excluding carboxylic acids is 1. The molecule has 0 saturated carbocycles. The number of aliphatic carboxylic acids is 1. The summed E-state index contributed by atoms with van der Waals surface area (Å²) in [5.41, 5.74) is -2.75. The van der Waals surface area contributed by atoms with Gasteiger partial charge < -0.3 is 19.9 Å². The SMILES string of the molecule is COCC(C)(NC(=O)C(C)Oc1ccccc1C(F)(F)F)C(=O)O. The van der Waals surface area contributed by atoms with Crippen LogP contribution in [0.5, 0.6) is 5.75 Å². The van der Waals surface area contributed by atoms with Crippen LogP contribution < -0.4 is 10.1 Å². The molecule has 1 amide bonds. The molecular formula is C15H18F3NO5. The standard InChI is InChI=1S/C15H18F3NO5/c1-9(12(20)19-14(2,8-23-3)13(21)22)24-11-7-5-4-6-10(11)15(16,17)18/h4-7,9H,8H2,1-3H3,(H,19,20)(H,21,22). The van der Waals surface area contributed by atoms with Crippen LogP contribution in [0.1, 0.15) is 19.4 Å². The van der Waals surface area contributed by atoms with E-state index in [1.165, 1.54) is 33.1 Å². The number of hydrogen-bond acceptors (Lipinski definition) is 4. The number of carboxylic acid groups (broad SMARTS) is 1. The molecule has 1 aromatic carbocycles. The third-order valence-corrected chi connectivity index (χ3v) is 3.17. The molecule has 2 unspecified atom stereocenters. The van der Waals surface area contributed by atoms with Gasteiger partial charge in [0.25, 0.3) is 5.91 Å². The van der Waals surface area contributed by atoms with Crippen molar-refractivity contribution in [2.24, 2.45) is 0 Å². The van der Waals surface area contributed by atoms with Crippen LogP contribution in [0, 0.1) is 0 Å². The number of methoxy groups -OCH3 is 1. The first-order valence-corrected chi connectivity index (χ1v) is 6.88. The molecule has 0 aliphatic carbocycles. The fourth-order valence-electron chi connectivity index (χ4n) is 1.86. The van der Waals surface area contributed by atoms with Gasteiger partial charge in [-0.3, -0.25) is 4.79 Å². The minimum absolute atomic E-state index is 0.320. The molecule has 134 valence electrons. The van der Waals surface area contributed by atoms with Gasteiger partial charge in [-0.15, -0.1) is 0 Å². The number of ether oxygens (including phenoxy) is 2. The second kappa shape index (κ2) is 7.52. The average molecular weight is 349 g/mol. The van der Waals surface area contributed by atoms with E-state index in [4.69, 9.17) is 14.6 Å². The summed E-state index contributed by atoms with van der Waals surface area (Å²) in [4.78, 5) is 23.3. The predicted octanol–water partition coefficient (Wildman–Crippen LogP) is 2.08. The Bertz CT molecular complexity index is 605. The molecule has 0 bridgehead atoms. The smallest absolute Gasteiger partial charge is 0.419 e. The molecule has 0 fully saturated rings. The fraction of sp³-hybridized carbons (Fsp3) is 0.467. The molecule has 6 nitrogen and oxygen atoms in total. The van der Waals surface area contributed by atoms with Crippen molar-refractivity contribution in [1.29, 1.82) is 0 Å². The first-order chi connectivity index (χ1) is 11.0. The number of amides is 1. The monoisotopic (exact) mass is 349 g/mol. The summed E-state index contributed by atoms with van der Waals surface area (Å²) < 4.78 is 48.5. The van der Waals surface area contributed by atoms with Crippen molar-refractivity contribution in [1.82, 2.24) is 5.32 Å². The molecule has 0 aromatic heterocycles. The lowest BCUT2D eigenvalue weighted by molar-refractivity contribution is -0.150. The van der Waals surface area contributed by atoms with Crippen LogP contribution in [-0.4, -0.2) is 42.3 Å². The van der Waals surface area contributed by atoms with Crippen LogP contribution in [0.3, 0.4) is 0 Å². The molecule has 0 heterocycles. The maximum Gasteiger partial charge on any atom is 0.419 e. The highest BCUT2D eigenvalue weighted by atomic mass is 19.4. The van der Waals surface area contributed by atoms with E-state index in [1.807, 2.05) is 0 Å². The molecule has 0 saturated heterocycles. The van der Waals surface area contributed by atoms with Gasteiger partial charge in [0.2, 0.25) is 0 Å². The molecule has 0 spiro atoms. The Labute approximate surface area is 136 Å². The zero-order valence-electron chi connectivity index (χ0n) is 13.3. The van der Waals surface area contributed by atoms with Gasteiger partial charge >= 0.3 is 12.1 Å². The molecule has 1 aromatic rings. The van der Waals surface area contributed by atoms with Crippen molar-refractivity contribution >= 4 is 11.9 Å². The summed E-state index contributed by atoms with van der Waals surface area (Å²) >= 11 is 0. The topological polar surface area (TPSA) is 84.9 Å². The van der Waals surface area contributed by atoms with Crippen LogP contribution in [0.4, 0.5) is 13.2 Å². The van der Waals surface area contributed by atoms with E-state index in [0.29, 0.717) is 0 Å². The van der Waals surface area contributed by atoms with Crippen LogP contribution in [0.2, 0.25) is 0 Å². The molecule has 1 rings (SSSR count). The highest BCUT2D eigenvalue weighted by Gasteiger charge is 2.38. The number of para-hydroxylation sites is 1. The Hall–Kier alpha value is -2.29. The Morgan fingerprint density at radius 1 is 1.29 bits per heavy atom. The summed E-state index contributed by atoms with van der Waals surface area (Å²) in [6, 6.07) is 4.44. The lowest BCUT2D eigenvalue weighted by atomic mass is 10.0. The third kappa shape index (κ3) is 4.85. The predicted molar refractivity (Wildman–Crippen MR) is 77.6 cm³/mol. The molecule has 0 aliphatic heterocycles. The van der Waals surface area contributed by atoms with Crippen LogP contribution >= 0.6 is 0 Å². The number of nitrogens with one attached hydrogen (secondary N) is 1. The number of hydrogen-bond donors (Lipinski definition) is 2. The van der Waals surface area contributed by atoms with E-state index in [2.05, 4.69) is 5.32 Å². The Morgan fingerprint density at radius 3 is 2.38 bits per heavy atom. The molecule has 0 radical (unpaired) electrons. The number of carbonyl (C=O) groups is 2. The quantitative estimate of drug-likeness (QED) is 0.787. The minimum atomic E-state index is -4.64. The Balaban J connectivity index is 2.91. The molecule has 2 N–H and O–H groups in total. The number of benzene rings is 1. The Morgan fingerprint density at radius 2 is 1.88 bits per heavy atom. The number of halogens is 3. The number of rotatable bonds is 7. The zero-order valence-corrected chi connectivity index (χ0v) is 13.3. The van der Waals surface area contributed by atoms with Crippen molar-refractivity contribution in [3.05, 3.63) is 29.8 Å². The van der Waals surface area contributed by atoms with Crippen molar-refractivity contribution in [2.45, 2.75) is 31.7 Å². The second-order valence-electron chi connectivity index (χ2n) is 5.31. The number of alkyl halides is 3. The van der Waals surface area contributed by atoms with Crippen LogP contribution in [0.15, 0.2) is 24.3 Å². The van der Waals surface area contributed by atoms with E-state index in [1.54, 1.807) is 0 Å². The van der Waals surface area contributed by atoms with Gasteiger partial charge in [0.05, 0.1) is 12.2 Å². The maximum absolute atomic E-state index is 12.9. The largest absolute Gasteiger partial charge is 0.480 e. The normalized spacial score (nSPS) is 15.2. The zero-order chi connectivity index (χ0) is 18.5. The van der Waals surface area contributed by atoms with Gasteiger partial charge in [-0.1, -0.05) is 12.1 Å². The van der Waals surface area contributed by atoms with E-state index < -0.39 is 41.0 Å². The maximum atomic E-state index is 12.9. The fourth-order valence-corrected chi connectivity index (χ4v) is 1.86. The van der Waals surface area contributed by atoms with Gasteiger partial charge in [-0.05, 0) is 26.0 Å². The second-order valence-corrected chi connectivity index (χ2v) is 5.31. The summed E-state index contributed by atoms with van der Waals surface area (Å²) in [7, 11) is 1.26. The summed E-state index contributed by atoms with van der Waals surface area (Å²) in [5.74, 6) is -2.74. The summed E-state index contributed by atoms with van der Waals surface area (Å²) in [5, 5.41) is 11.4. The van der Waals surface area contributed by atoms with E-state index in [9.17, 15) is 22.8 Å². The van der Waals surface area contributed by atoms with E-state index in [0.717, 1.165) is 12.1 Å². The van der Waals surface area contributed by atoms with Crippen molar-refractivity contribution in [3.63, 3.8) is 0 Å². The molecule has 2 atom stereocenters. The van der Waals surface area contributed by atoms with Crippen molar-refractivity contribution in [2.75, 3.05) is 13.7 Å². The first-order valence-electron chi connectivity index (χ1n) is 6.88. The van der Waals surface area contributed by atoms with Crippen LogP contribution in [-0.2, 0) is 20.5 Å². The summed E-state index contributed by atoms with van der Waals surface area (Å²) in [6.45, 7) is 2.12. The van der Waals surface area contributed by atoms with E-state index >= 15 is 0 Å². The lowest BCUT2D eigenvalue weighted by Crippen LogP contribution is -2.57. The van der Waals surface area contributed by atoms with Gasteiger partial charge in [-0.25, -0.2) is 4.79 Å². The highest BCUT2D eigenvalue weighted by molar-refractivity contribution is 5.89. The van der Waals surface area contributed by atoms with Gasteiger partial charge in [0.15, 0.2) is 11.6 Å². The summed E-state index contributed by atoms with van der Waals surface area (Å²) in [6.07, 6.45) is -5.98. The highest BCUT2D eigenvalue weighted by Crippen LogP contribution is 2.36. The number of carboxylic acids is 1. The average Bonchev–Trinajstić information content (AvgIpc) is 2.46. The molecule has 9 heteroatoms. The Kier molecular flexibility index (Phi) is 6.19. The van der Waals surface area contributed by atoms with Gasteiger partial charge in [0.1, 0.15) is 5.75 Å². The van der Waals surface area contributed by atoms with Crippen molar-refractivity contribution < 1.29 is 37.3 Å². The molecule has 0 aliphatic rings. The minimum Gasteiger partial charge on any atom is -0.480 e. The first kappa shape index (κ1) is 19.8. The molecule has 24 heavy (non-hydrogen) atoms. The van der Waals surface area contributed by atoms with Crippen molar-refractivity contribution in [3.8, 4) is 5.75 Å². The van der Waals surface area contributed by atoms with Gasteiger partial charge in [-0.2, -0.15) is 13.2 Å². The van der Waals surface area contributed by atoms with E-state index in [-0.39, 0.29) is 6.61 Å². The lowest BCUT2D eigenvalue weighted by Gasteiger charge is -2.27. The van der Waals surface area contributed by atoms with Gasteiger partial charge in [0, 0.05) is 7.11 Å².